The molecule has 3 atom stereocenters. The van der Waals surface area contributed by atoms with Crippen LogP contribution in [0.2, 0.25) is 0 Å². The Balaban J connectivity index is 1.36. The summed E-state index contributed by atoms with van der Waals surface area (Å²) >= 11 is 0. The van der Waals surface area contributed by atoms with Gasteiger partial charge in [0.05, 0.1) is 13.0 Å². The minimum atomic E-state index is 0.00599. The topological polar surface area (TPSA) is 35.5 Å². The van der Waals surface area contributed by atoms with Crippen LogP contribution in [-0.4, -0.2) is 25.8 Å². The van der Waals surface area contributed by atoms with Crippen LogP contribution in [-0.2, 0) is 27.1 Å². The molecule has 1 heterocycles. The highest BCUT2D eigenvalue weighted by Gasteiger charge is 2.46. The van der Waals surface area contributed by atoms with E-state index in [1.165, 1.54) is 44.1 Å². The summed E-state index contributed by atoms with van der Waals surface area (Å²) < 4.78 is 10.8. The summed E-state index contributed by atoms with van der Waals surface area (Å²) in [6, 6.07) is 7.23. The van der Waals surface area contributed by atoms with Crippen LogP contribution in [0.4, 0.5) is 0 Å². The number of carbonyl (C=O) groups is 1. The largest absolute Gasteiger partial charge is 0.465 e. The summed E-state index contributed by atoms with van der Waals surface area (Å²) in [5.41, 5.74) is 4.77. The van der Waals surface area contributed by atoms with E-state index < -0.39 is 0 Å². The molecule has 3 nitrogen and oxygen atoms in total. The molecule has 1 aromatic rings. The zero-order chi connectivity index (χ0) is 18.0. The molecule has 2 aliphatic carbocycles. The Morgan fingerprint density at radius 1 is 1.27 bits per heavy atom. The molecule has 1 aliphatic heterocycles. The molecule has 1 aromatic carbocycles. The summed E-state index contributed by atoms with van der Waals surface area (Å²) in [4.78, 5) is 11.6. The molecule has 0 unspecified atom stereocenters. The fraction of sp³-hybridized carbons (Fsp3) is 0.696. The van der Waals surface area contributed by atoms with E-state index in [0.717, 1.165) is 32.0 Å². The minimum Gasteiger partial charge on any atom is -0.465 e. The number of cyclic esters (lactones) is 1. The molecule has 0 radical (unpaired) electrons. The first kappa shape index (κ1) is 18.0. The zero-order valence-electron chi connectivity index (χ0n) is 16.1. The van der Waals surface area contributed by atoms with Gasteiger partial charge >= 0.3 is 5.97 Å². The summed E-state index contributed by atoms with van der Waals surface area (Å²) in [5.74, 6) is 1.44. The molecule has 3 aliphatic rings. The number of fused-ring (bicyclic) bond motifs is 1. The van der Waals surface area contributed by atoms with Gasteiger partial charge in [0.2, 0.25) is 0 Å². The van der Waals surface area contributed by atoms with E-state index in [2.05, 4.69) is 25.1 Å². The average Bonchev–Trinajstić information content (AvgIpc) is 3.24. The van der Waals surface area contributed by atoms with Gasteiger partial charge in [-0.05, 0) is 86.8 Å². The molecule has 0 amide bonds. The number of aryl methyl sites for hydroxylation is 1. The summed E-state index contributed by atoms with van der Waals surface area (Å²) in [7, 11) is 0. The minimum absolute atomic E-state index is 0.00599. The van der Waals surface area contributed by atoms with E-state index in [9.17, 15) is 4.79 Å². The Kier molecular flexibility index (Phi) is 5.35. The molecular formula is C23H32O3. The second-order valence-electron chi connectivity index (χ2n) is 8.75. The lowest BCUT2D eigenvalue weighted by Gasteiger charge is -2.26. The molecule has 1 spiro atoms. The highest BCUT2D eigenvalue weighted by molar-refractivity contribution is 5.72. The van der Waals surface area contributed by atoms with E-state index in [4.69, 9.17) is 9.47 Å². The van der Waals surface area contributed by atoms with Crippen molar-refractivity contribution >= 4 is 5.97 Å². The van der Waals surface area contributed by atoms with Crippen molar-refractivity contribution in [3.8, 4) is 0 Å². The molecule has 142 valence electrons. The van der Waals surface area contributed by atoms with Gasteiger partial charge in [-0.15, -0.1) is 0 Å². The molecule has 1 saturated carbocycles. The van der Waals surface area contributed by atoms with Crippen LogP contribution in [0.25, 0.3) is 0 Å². The normalized spacial score (nSPS) is 30.6. The van der Waals surface area contributed by atoms with Crippen LogP contribution in [0.3, 0.4) is 0 Å². The van der Waals surface area contributed by atoms with Gasteiger partial charge in [0.25, 0.3) is 0 Å². The van der Waals surface area contributed by atoms with E-state index in [0.29, 0.717) is 18.9 Å². The van der Waals surface area contributed by atoms with Crippen LogP contribution < -0.4 is 0 Å². The Labute approximate surface area is 157 Å². The first-order chi connectivity index (χ1) is 12.7. The van der Waals surface area contributed by atoms with Crippen LogP contribution in [0, 0.1) is 11.3 Å². The van der Waals surface area contributed by atoms with Crippen LogP contribution >= 0.6 is 0 Å². The molecule has 3 heteroatoms. The van der Waals surface area contributed by atoms with Crippen molar-refractivity contribution in [3.05, 3.63) is 34.9 Å². The molecule has 1 saturated heterocycles. The van der Waals surface area contributed by atoms with Gasteiger partial charge in [-0.3, -0.25) is 4.79 Å². The van der Waals surface area contributed by atoms with Crippen molar-refractivity contribution < 1.29 is 14.3 Å². The molecule has 0 N–H and O–H groups in total. The van der Waals surface area contributed by atoms with Crippen LogP contribution in [0.15, 0.2) is 18.2 Å². The summed E-state index contributed by atoms with van der Waals surface area (Å²) in [6.45, 7) is 4.46. The lowest BCUT2D eigenvalue weighted by atomic mass is 9.79. The Morgan fingerprint density at radius 2 is 2.19 bits per heavy atom. The second-order valence-corrected chi connectivity index (χ2v) is 8.75. The summed E-state index contributed by atoms with van der Waals surface area (Å²) in [6.07, 6.45) is 10.4. The van der Waals surface area contributed by atoms with Crippen LogP contribution in [0.5, 0.6) is 0 Å². The number of carbonyl (C=O) groups excluding carboxylic acids is 1. The third kappa shape index (κ3) is 3.83. The monoisotopic (exact) mass is 356 g/mol. The third-order valence-electron chi connectivity index (χ3n) is 6.90. The van der Waals surface area contributed by atoms with Crippen LogP contribution in [0.1, 0.15) is 74.5 Å². The van der Waals surface area contributed by atoms with Gasteiger partial charge in [0.1, 0.15) is 0 Å². The maximum Gasteiger partial charge on any atom is 0.306 e. The predicted molar refractivity (Wildman–Crippen MR) is 102 cm³/mol. The Hall–Kier alpha value is -1.35. The third-order valence-corrected chi connectivity index (χ3v) is 6.90. The number of benzene rings is 1. The van der Waals surface area contributed by atoms with E-state index in [1.807, 2.05) is 0 Å². The molecule has 0 bridgehead atoms. The maximum atomic E-state index is 11.6. The average molecular weight is 357 g/mol. The van der Waals surface area contributed by atoms with Gasteiger partial charge < -0.3 is 9.47 Å². The number of esters is 1. The number of hydrogen-bond donors (Lipinski definition) is 0. The predicted octanol–water partition coefficient (Wildman–Crippen LogP) is 4.81. The number of rotatable bonds is 6. The summed E-state index contributed by atoms with van der Waals surface area (Å²) in [5, 5.41) is 0. The van der Waals surface area contributed by atoms with Crippen molar-refractivity contribution in [2.45, 2.75) is 70.6 Å². The van der Waals surface area contributed by atoms with Crippen molar-refractivity contribution in [2.75, 3.05) is 19.8 Å². The van der Waals surface area contributed by atoms with Gasteiger partial charge in [-0.1, -0.05) is 18.2 Å². The Bertz CT molecular complexity index is 653. The number of ether oxygens (including phenoxy) is 2. The fourth-order valence-electron chi connectivity index (χ4n) is 5.39. The van der Waals surface area contributed by atoms with Crippen molar-refractivity contribution in [1.82, 2.24) is 0 Å². The Morgan fingerprint density at radius 3 is 3.00 bits per heavy atom. The van der Waals surface area contributed by atoms with Crippen molar-refractivity contribution in [2.24, 2.45) is 11.3 Å². The maximum absolute atomic E-state index is 11.6. The highest BCUT2D eigenvalue weighted by atomic mass is 16.5. The molecule has 4 rings (SSSR count). The first-order valence-electron chi connectivity index (χ1n) is 10.5. The quantitative estimate of drug-likeness (QED) is 0.542. The molecular weight excluding hydrogens is 324 g/mol. The van der Waals surface area contributed by atoms with Gasteiger partial charge in [-0.25, -0.2) is 0 Å². The van der Waals surface area contributed by atoms with E-state index in [-0.39, 0.29) is 11.4 Å². The fourth-order valence-corrected chi connectivity index (χ4v) is 5.39. The van der Waals surface area contributed by atoms with Gasteiger partial charge in [0, 0.05) is 18.6 Å². The lowest BCUT2D eigenvalue weighted by Crippen LogP contribution is -2.17. The van der Waals surface area contributed by atoms with Crippen molar-refractivity contribution in [1.29, 1.82) is 0 Å². The molecule has 26 heavy (non-hydrogen) atoms. The molecule has 0 aromatic heterocycles. The first-order valence-corrected chi connectivity index (χ1v) is 10.5. The van der Waals surface area contributed by atoms with Crippen molar-refractivity contribution in [3.63, 3.8) is 0 Å². The lowest BCUT2D eigenvalue weighted by molar-refractivity contribution is -0.137. The zero-order valence-corrected chi connectivity index (χ0v) is 16.1. The number of hydrogen-bond acceptors (Lipinski definition) is 3. The van der Waals surface area contributed by atoms with Gasteiger partial charge in [-0.2, -0.15) is 0 Å². The van der Waals surface area contributed by atoms with Gasteiger partial charge in [0.15, 0.2) is 0 Å². The van der Waals surface area contributed by atoms with E-state index in [1.54, 1.807) is 11.1 Å². The van der Waals surface area contributed by atoms with E-state index >= 15 is 0 Å². The second kappa shape index (κ2) is 7.72. The molecule has 2 fully saturated rings. The highest BCUT2D eigenvalue weighted by Crippen LogP contribution is 2.51. The SMILES string of the molecule is CCOCCC[C@H]1CCc2cc([C@H]3CC[C@]4(COC(=O)C4)C3)ccc2C1. The standard InChI is InChI=1S/C23H32O3/c1-2-25-11-3-4-17-5-6-19-13-20(8-7-18(19)12-17)21-9-10-23(14-21)15-22(24)26-16-23/h7-8,13,17,21H,2-6,9-12,14-16H2,1H3/t17-,21-,23-/m0/s1. The smallest absolute Gasteiger partial charge is 0.306 e.